The van der Waals surface area contributed by atoms with Gasteiger partial charge in [-0.3, -0.25) is 9.59 Å². The SMILES string of the molecule is COC(=O)c1ccc(NC(=O)C(=O)NCC(C)(O)Cc2ccco2)cc1. The van der Waals surface area contributed by atoms with Gasteiger partial charge < -0.3 is 24.9 Å². The summed E-state index contributed by atoms with van der Waals surface area (Å²) in [5.41, 5.74) is -0.597. The van der Waals surface area contributed by atoms with Gasteiger partial charge in [0.2, 0.25) is 0 Å². The van der Waals surface area contributed by atoms with Crippen LogP contribution in [0.4, 0.5) is 5.69 Å². The first-order valence-electron chi connectivity index (χ1n) is 7.83. The molecule has 0 aliphatic heterocycles. The lowest BCUT2D eigenvalue weighted by molar-refractivity contribution is -0.136. The summed E-state index contributed by atoms with van der Waals surface area (Å²) in [5, 5.41) is 15.0. The second-order valence-electron chi connectivity index (χ2n) is 5.96. The minimum absolute atomic E-state index is 0.124. The van der Waals surface area contributed by atoms with Crippen LogP contribution in [-0.4, -0.2) is 42.1 Å². The van der Waals surface area contributed by atoms with Crippen molar-refractivity contribution in [2.24, 2.45) is 0 Å². The molecule has 1 aromatic carbocycles. The number of furan rings is 1. The molecule has 1 heterocycles. The second-order valence-corrected chi connectivity index (χ2v) is 5.96. The van der Waals surface area contributed by atoms with Crippen molar-refractivity contribution in [3.8, 4) is 0 Å². The van der Waals surface area contributed by atoms with Gasteiger partial charge in [0, 0.05) is 18.7 Å². The van der Waals surface area contributed by atoms with Crippen molar-refractivity contribution in [1.29, 1.82) is 0 Å². The summed E-state index contributed by atoms with van der Waals surface area (Å²) in [7, 11) is 1.27. The number of carbonyl (C=O) groups is 3. The average Bonchev–Trinajstić information content (AvgIpc) is 3.11. The molecule has 1 aromatic heterocycles. The lowest BCUT2D eigenvalue weighted by Crippen LogP contribution is -2.45. The smallest absolute Gasteiger partial charge is 0.337 e. The maximum absolute atomic E-state index is 11.9. The fraction of sp³-hybridized carbons (Fsp3) is 0.278. The average molecular weight is 360 g/mol. The molecule has 26 heavy (non-hydrogen) atoms. The van der Waals surface area contributed by atoms with E-state index in [0.29, 0.717) is 17.0 Å². The molecule has 0 saturated carbocycles. The summed E-state index contributed by atoms with van der Waals surface area (Å²) in [5.74, 6) is -1.70. The van der Waals surface area contributed by atoms with Crippen LogP contribution in [0.1, 0.15) is 23.0 Å². The second kappa shape index (κ2) is 8.30. The molecule has 2 aromatic rings. The molecule has 138 valence electrons. The Morgan fingerprint density at radius 1 is 1.15 bits per heavy atom. The predicted molar refractivity (Wildman–Crippen MR) is 92.5 cm³/mol. The Bertz CT molecular complexity index is 765. The van der Waals surface area contributed by atoms with Crippen molar-refractivity contribution in [2.75, 3.05) is 19.0 Å². The van der Waals surface area contributed by atoms with Gasteiger partial charge in [0.1, 0.15) is 5.76 Å². The normalized spacial score (nSPS) is 12.7. The van der Waals surface area contributed by atoms with Crippen LogP contribution in [0.5, 0.6) is 0 Å². The summed E-state index contributed by atoms with van der Waals surface area (Å²) in [6.07, 6.45) is 1.68. The molecule has 0 bridgehead atoms. The van der Waals surface area contributed by atoms with Crippen LogP contribution in [0.3, 0.4) is 0 Å². The molecule has 0 saturated heterocycles. The zero-order chi connectivity index (χ0) is 19.2. The zero-order valence-electron chi connectivity index (χ0n) is 14.4. The van der Waals surface area contributed by atoms with E-state index >= 15 is 0 Å². The number of carbonyl (C=O) groups excluding carboxylic acids is 3. The maximum atomic E-state index is 11.9. The number of amides is 2. The van der Waals surface area contributed by atoms with Gasteiger partial charge in [0.15, 0.2) is 0 Å². The van der Waals surface area contributed by atoms with Gasteiger partial charge in [0.25, 0.3) is 0 Å². The molecule has 8 nitrogen and oxygen atoms in total. The van der Waals surface area contributed by atoms with Crippen molar-refractivity contribution in [3.63, 3.8) is 0 Å². The molecule has 2 rings (SSSR count). The number of hydrogen-bond acceptors (Lipinski definition) is 6. The van der Waals surface area contributed by atoms with Gasteiger partial charge in [0.05, 0.1) is 24.5 Å². The summed E-state index contributed by atoms with van der Waals surface area (Å²) in [4.78, 5) is 35.1. The third kappa shape index (κ3) is 5.45. The van der Waals surface area contributed by atoms with E-state index in [2.05, 4.69) is 15.4 Å². The maximum Gasteiger partial charge on any atom is 0.337 e. The number of anilines is 1. The molecule has 0 spiro atoms. The van der Waals surface area contributed by atoms with E-state index in [0.717, 1.165) is 0 Å². The molecule has 8 heteroatoms. The highest BCUT2D eigenvalue weighted by Crippen LogP contribution is 2.13. The molecule has 0 aliphatic carbocycles. The molecule has 3 N–H and O–H groups in total. The van der Waals surface area contributed by atoms with Crippen LogP contribution in [0, 0.1) is 0 Å². The first kappa shape index (κ1) is 19.2. The highest BCUT2D eigenvalue weighted by Gasteiger charge is 2.25. The van der Waals surface area contributed by atoms with Crippen molar-refractivity contribution >= 4 is 23.5 Å². The molecule has 0 radical (unpaired) electrons. The Hall–Kier alpha value is -3.13. The molecular weight excluding hydrogens is 340 g/mol. The highest BCUT2D eigenvalue weighted by atomic mass is 16.5. The summed E-state index contributed by atoms with van der Waals surface area (Å²) in [6, 6.07) is 9.29. The number of esters is 1. The minimum Gasteiger partial charge on any atom is -0.469 e. The number of ether oxygens (including phenoxy) is 1. The van der Waals surface area contributed by atoms with Gasteiger partial charge in [-0.05, 0) is 43.3 Å². The largest absolute Gasteiger partial charge is 0.469 e. The fourth-order valence-electron chi connectivity index (χ4n) is 2.20. The number of rotatable bonds is 6. The lowest BCUT2D eigenvalue weighted by Gasteiger charge is -2.22. The van der Waals surface area contributed by atoms with Gasteiger partial charge in [-0.25, -0.2) is 4.79 Å². The molecule has 0 fully saturated rings. The Labute approximate surface area is 150 Å². The molecular formula is C18H20N2O6. The molecule has 2 amide bonds. The lowest BCUT2D eigenvalue weighted by atomic mass is 10.0. The predicted octanol–water partition coefficient (Wildman–Crippen LogP) is 1.11. The number of aliphatic hydroxyl groups is 1. The van der Waals surface area contributed by atoms with Crippen LogP contribution in [0.2, 0.25) is 0 Å². The van der Waals surface area contributed by atoms with Crippen molar-refractivity contribution in [3.05, 3.63) is 54.0 Å². The van der Waals surface area contributed by atoms with E-state index in [1.54, 1.807) is 12.1 Å². The van der Waals surface area contributed by atoms with Gasteiger partial charge in [-0.2, -0.15) is 0 Å². The molecule has 1 unspecified atom stereocenters. The van der Waals surface area contributed by atoms with E-state index in [-0.39, 0.29) is 13.0 Å². The third-order valence-corrected chi connectivity index (χ3v) is 3.54. The molecule has 0 aliphatic rings. The van der Waals surface area contributed by atoms with E-state index in [4.69, 9.17) is 4.42 Å². The van der Waals surface area contributed by atoms with Gasteiger partial charge in [-0.15, -0.1) is 0 Å². The fourth-order valence-corrected chi connectivity index (χ4v) is 2.20. The summed E-state index contributed by atoms with van der Waals surface area (Å²) < 4.78 is 9.73. The topological polar surface area (TPSA) is 118 Å². The van der Waals surface area contributed by atoms with Crippen LogP contribution in [0.25, 0.3) is 0 Å². The highest BCUT2D eigenvalue weighted by molar-refractivity contribution is 6.39. The van der Waals surface area contributed by atoms with Crippen LogP contribution >= 0.6 is 0 Å². The Balaban J connectivity index is 1.85. The van der Waals surface area contributed by atoms with Gasteiger partial charge >= 0.3 is 17.8 Å². The monoisotopic (exact) mass is 360 g/mol. The van der Waals surface area contributed by atoms with Gasteiger partial charge in [-0.1, -0.05) is 0 Å². The quantitative estimate of drug-likeness (QED) is 0.525. The van der Waals surface area contributed by atoms with E-state index < -0.39 is 23.4 Å². The van der Waals surface area contributed by atoms with Crippen LogP contribution < -0.4 is 10.6 Å². The van der Waals surface area contributed by atoms with E-state index in [1.807, 2.05) is 0 Å². The Kier molecular flexibility index (Phi) is 6.13. The number of methoxy groups -OCH3 is 1. The first-order valence-corrected chi connectivity index (χ1v) is 7.83. The first-order chi connectivity index (χ1) is 12.3. The number of hydrogen-bond donors (Lipinski definition) is 3. The van der Waals surface area contributed by atoms with Crippen molar-refractivity contribution in [2.45, 2.75) is 18.9 Å². The van der Waals surface area contributed by atoms with Crippen LogP contribution in [-0.2, 0) is 20.7 Å². The minimum atomic E-state index is -1.27. The third-order valence-electron chi connectivity index (χ3n) is 3.54. The van der Waals surface area contributed by atoms with E-state index in [1.165, 1.54) is 44.6 Å². The molecule has 1 atom stereocenters. The Morgan fingerprint density at radius 3 is 2.42 bits per heavy atom. The van der Waals surface area contributed by atoms with Crippen molar-refractivity contribution < 1.29 is 28.6 Å². The van der Waals surface area contributed by atoms with E-state index in [9.17, 15) is 19.5 Å². The van der Waals surface area contributed by atoms with Crippen molar-refractivity contribution in [1.82, 2.24) is 5.32 Å². The number of nitrogens with one attached hydrogen (secondary N) is 2. The summed E-state index contributed by atoms with van der Waals surface area (Å²) in [6.45, 7) is 1.40. The Morgan fingerprint density at radius 2 is 1.85 bits per heavy atom. The summed E-state index contributed by atoms with van der Waals surface area (Å²) >= 11 is 0. The standard InChI is InChI=1S/C18H20N2O6/c1-18(24,10-14-4-3-9-26-14)11-19-15(21)16(22)20-13-7-5-12(6-8-13)17(23)25-2/h3-9,24H,10-11H2,1-2H3,(H,19,21)(H,20,22). The zero-order valence-corrected chi connectivity index (χ0v) is 14.4. The van der Waals surface area contributed by atoms with Crippen LogP contribution in [0.15, 0.2) is 47.1 Å². The number of benzene rings is 1.